The fraction of sp³-hybridized carbons (Fsp3) is 0.167. The molecule has 0 fully saturated rings. The monoisotopic (exact) mass is 403 g/mol. The molecule has 0 aliphatic heterocycles. The van der Waals surface area contributed by atoms with Gasteiger partial charge in [-0.1, -0.05) is 28.1 Å². The Kier molecular flexibility index (Phi) is 6.30. The molecule has 1 atom stereocenters. The average Bonchev–Trinajstić information content (AvgIpc) is 2.54. The molecule has 0 aromatic heterocycles. The van der Waals surface area contributed by atoms with Gasteiger partial charge in [-0.25, -0.2) is 0 Å². The number of hydrogen-bond acceptors (Lipinski definition) is 3. The molecule has 0 aliphatic rings. The number of carbonyl (C=O) groups is 3. The Morgan fingerprint density at radius 3 is 2.36 bits per heavy atom. The van der Waals surface area contributed by atoms with Crippen molar-refractivity contribution in [3.63, 3.8) is 0 Å². The van der Waals surface area contributed by atoms with E-state index in [1.165, 1.54) is 6.92 Å². The van der Waals surface area contributed by atoms with E-state index in [-0.39, 0.29) is 5.91 Å². The molecule has 2 rings (SSSR count). The molecule has 3 amide bonds. The van der Waals surface area contributed by atoms with Crippen LogP contribution in [0.15, 0.2) is 53.0 Å². The molecule has 2 aromatic carbocycles. The van der Waals surface area contributed by atoms with E-state index in [0.29, 0.717) is 17.7 Å². The van der Waals surface area contributed by atoms with Crippen LogP contribution in [0, 0.1) is 0 Å². The van der Waals surface area contributed by atoms with E-state index in [0.717, 1.165) is 10.0 Å². The van der Waals surface area contributed by atoms with E-state index >= 15 is 0 Å². The average molecular weight is 404 g/mol. The maximum absolute atomic E-state index is 12.3. The highest BCUT2D eigenvalue weighted by Gasteiger charge is 2.19. The minimum Gasteiger partial charge on any atom is -0.368 e. The zero-order chi connectivity index (χ0) is 18.4. The number of hydrogen-bond donors (Lipinski definition) is 3. The van der Waals surface area contributed by atoms with Crippen molar-refractivity contribution in [3.8, 4) is 0 Å². The number of halogens is 1. The first-order valence-corrected chi connectivity index (χ1v) is 8.36. The number of carbonyl (C=O) groups excluding carboxylic acids is 3. The molecule has 0 bridgehead atoms. The van der Waals surface area contributed by atoms with E-state index < -0.39 is 17.9 Å². The lowest BCUT2D eigenvalue weighted by molar-refractivity contribution is -0.119. The molecule has 25 heavy (non-hydrogen) atoms. The summed E-state index contributed by atoms with van der Waals surface area (Å²) in [6.07, 6.45) is 0.296. The minimum atomic E-state index is -0.822. The number of amides is 3. The molecule has 2 aromatic rings. The summed E-state index contributed by atoms with van der Waals surface area (Å²) in [4.78, 5) is 35.0. The van der Waals surface area contributed by atoms with Crippen molar-refractivity contribution in [1.82, 2.24) is 5.32 Å². The van der Waals surface area contributed by atoms with Gasteiger partial charge >= 0.3 is 0 Å². The lowest BCUT2D eigenvalue weighted by Gasteiger charge is -2.16. The van der Waals surface area contributed by atoms with Crippen LogP contribution in [-0.4, -0.2) is 23.8 Å². The Labute approximate surface area is 153 Å². The Morgan fingerprint density at radius 1 is 1.12 bits per heavy atom. The topological polar surface area (TPSA) is 101 Å². The fourth-order valence-corrected chi connectivity index (χ4v) is 2.72. The van der Waals surface area contributed by atoms with Crippen LogP contribution in [-0.2, 0) is 16.0 Å². The van der Waals surface area contributed by atoms with Crippen LogP contribution in [0.25, 0.3) is 0 Å². The molecule has 0 unspecified atom stereocenters. The van der Waals surface area contributed by atoms with E-state index in [9.17, 15) is 14.4 Å². The van der Waals surface area contributed by atoms with E-state index in [1.807, 2.05) is 24.3 Å². The third kappa shape index (κ3) is 5.72. The highest BCUT2D eigenvalue weighted by atomic mass is 79.9. The van der Waals surface area contributed by atoms with E-state index in [2.05, 4.69) is 26.6 Å². The summed E-state index contributed by atoms with van der Waals surface area (Å²) in [5.74, 6) is -1.21. The summed E-state index contributed by atoms with van der Waals surface area (Å²) in [5.41, 5.74) is 7.25. The summed E-state index contributed by atoms with van der Waals surface area (Å²) >= 11 is 3.37. The SMILES string of the molecule is CC(=O)Nc1ccc(C(=O)N[C@@H](Cc2cccc(Br)c2)C(N)=O)cc1. The standard InChI is InChI=1S/C18H18BrN3O3/c1-11(23)21-15-7-5-13(6-8-15)18(25)22-16(17(20)24)10-12-3-2-4-14(19)9-12/h2-9,16H,10H2,1H3,(H2,20,24)(H,21,23)(H,22,25)/t16-/m0/s1. The van der Waals surface area contributed by atoms with Crippen LogP contribution >= 0.6 is 15.9 Å². The zero-order valence-electron chi connectivity index (χ0n) is 13.6. The van der Waals surface area contributed by atoms with Crippen molar-refractivity contribution in [2.24, 2.45) is 5.73 Å². The van der Waals surface area contributed by atoms with Crippen molar-refractivity contribution in [2.45, 2.75) is 19.4 Å². The molecule has 0 spiro atoms. The highest BCUT2D eigenvalue weighted by molar-refractivity contribution is 9.10. The van der Waals surface area contributed by atoms with E-state index in [4.69, 9.17) is 5.73 Å². The molecule has 0 radical (unpaired) electrons. The maximum atomic E-state index is 12.3. The Hall–Kier alpha value is -2.67. The van der Waals surface area contributed by atoms with Crippen LogP contribution in [0.2, 0.25) is 0 Å². The van der Waals surface area contributed by atoms with Gasteiger partial charge in [-0.05, 0) is 42.0 Å². The minimum absolute atomic E-state index is 0.194. The highest BCUT2D eigenvalue weighted by Crippen LogP contribution is 2.14. The van der Waals surface area contributed by atoms with Crippen LogP contribution in [0.1, 0.15) is 22.8 Å². The van der Waals surface area contributed by atoms with Gasteiger partial charge in [-0.15, -0.1) is 0 Å². The zero-order valence-corrected chi connectivity index (χ0v) is 15.2. The smallest absolute Gasteiger partial charge is 0.251 e. The summed E-state index contributed by atoms with van der Waals surface area (Å²) in [6.45, 7) is 1.40. The van der Waals surface area contributed by atoms with Gasteiger partial charge in [-0.3, -0.25) is 14.4 Å². The lowest BCUT2D eigenvalue weighted by atomic mass is 10.0. The Morgan fingerprint density at radius 2 is 1.80 bits per heavy atom. The van der Waals surface area contributed by atoms with Gasteiger partial charge in [0.2, 0.25) is 11.8 Å². The molecule has 7 heteroatoms. The van der Waals surface area contributed by atoms with Gasteiger partial charge in [0.1, 0.15) is 6.04 Å². The third-order valence-corrected chi connectivity index (χ3v) is 3.94. The van der Waals surface area contributed by atoms with Crippen LogP contribution in [0.5, 0.6) is 0 Å². The molecular formula is C18H18BrN3O3. The quantitative estimate of drug-likeness (QED) is 0.688. The van der Waals surface area contributed by atoms with Crippen molar-refractivity contribution in [3.05, 3.63) is 64.1 Å². The second kappa shape index (κ2) is 8.43. The lowest BCUT2D eigenvalue weighted by Crippen LogP contribution is -2.45. The van der Waals surface area contributed by atoms with Crippen molar-refractivity contribution < 1.29 is 14.4 Å². The Bertz CT molecular complexity index is 790. The summed E-state index contributed by atoms with van der Waals surface area (Å²) in [5, 5.41) is 5.26. The Balaban J connectivity index is 2.07. The number of nitrogens with two attached hydrogens (primary N) is 1. The normalized spacial score (nSPS) is 11.4. The molecule has 0 saturated carbocycles. The largest absolute Gasteiger partial charge is 0.368 e. The van der Waals surface area contributed by atoms with Crippen molar-refractivity contribution in [2.75, 3.05) is 5.32 Å². The van der Waals surface area contributed by atoms with Gasteiger partial charge in [0, 0.05) is 29.1 Å². The number of nitrogens with one attached hydrogen (secondary N) is 2. The predicted octanol–water partition coefficient (Wildman–Crippen LogP) is 2.23. The summed E-state index contributed by atoms with van der Waals surface area (Å²) in [6, 6.07) is 13.0. The number of primary amides is 1. The molecule has 4 N–H and O–H groups in total. The number of benzene rings is 2. The number of anilines is 1. The molecule has 0 saturated heterocycles. The second-order valence-corrected chi connectivity index (χ2v) is 6.44. The second-order valence-electron chi connectivity index (χ2n) is 5.52. The molecule has 6 nitrogen and oxygen atoms in total. The molecule has 0 aliphatic carbocycles. The first kappa shape index (κ1) is 18.7. The van der Waals surface area contributed by atoms with Gasteiger partial charge in [0.05, 0.1) is 0 Å². The van der Waals surface area contributed by atoms with Crippen molar-refractivity contribution >= 4 is 39.3 Å². The first-order chi connectivity index (χ1) is 11.8. The van der Waals surface area contributed by atoms with Gasteiger partial charge < -0.3 is 16.4 Å². The van der Waals surface area contributed by atoms with Crippen LogP contribution in [0.3, 0.4) is 0 Å². The third-order valence-electron chi connectivity index (χ3n) is 3.45. The summed E-state index contributed by atoms with van der Waals surface area (Å²) in [7, 11) is 0. The molecule has 130 valence electrons. The fourth-order valence-electron chi connectivity index (χ4n) is 2.27. The van der Waals surface area contributed by atoms with Crippen LogP contribution < -0.4 is 16.4 Å². The predicted molar refractivity (Wildman–Crippen MR) is 99.0 cm³/mol. The van der Waals surface area contributed by atoms with Gasteiger partial charge in [0.25, 0.3) is 5.91 Å². The van der Waals surface area contributed by atoms with Gasteiger partial charge in [0.15, 0.2) is 0 Å². The molecular weight excluding hydrogens is 386 g/mol. The van der Waals surface area contributed by atoms with Crippen LogP contribution in [0.4, 0.5) is 5.69 Å². The first-order valence-electron chi connectivity index (χ1n) is 7.57. The maximum Gasteiger partial charge on any atom is 0.251 e. The summed E-state index contributed by atoms with van der Waals surface area (Å²) < 4.78 is 0.883. The molecule has 0 heterocycles. The van der Waals surface area contributed by atoms with Gasteiger partial charge in [-0.2, -0.15) is 0 Å². The van der Waals surface area contributed by atoms with Crippen molar-refractivity contribution in [1.29, 1.82) is 0 Å². The van der Waals surface area contributed by atoms with E-state index in [1.54, 1.807) is 24.3 Å². The number of rotatable bonds is 6.